The van der Waals surface area contributed by atoms with Gasteiger partial charge in [0.2, 0.25) is 0 Å². The largest absolute Gasteiger partial charge is 0.389 e. The van der Waals surface area contributed by atoms with Gasteiger partial charge in [-0.05, 0) is 43.4 Å². The average molecular weight is 216 g/mol. The Morgan fingerprint density at radius 2 is 2.12 bits per heavy atom. The van der Waals surface area contributed by atoms with Crippen LogP contribution < -0.4 is 0 Å². The van der Waals surface area contributed by atoms with Crippen LogP contribution in [-0.2, 0) is 0 Å². The highest BCUT2D eigenvalue weighted by Crippen LogP contribution is 2.22. The molecule has 0 aromatic rings. The predicted molar refractivity (Wildman–Crippen MR) is 70.2 cm³/mol. The summed E-state index contributed by atoms with van der Waals surface area (Å²) in [6.07, 6.45) is 9.44. The lowest BCUT2D eigenvalue weighted by atomic mass is 10.0. The van der Waals surface area contributed by atoms with Crippen LogP contribution in [-0.4, -0.2) is 11.2 Å². The minimum absolute atomic E-state index is 0.313. The lowest BCUT2D eigenvalue weighted by molar-refractivity contribution is 0.202. The van der Waals surface area contributed by atoms with Crippen LogP contribution >= 0.6 is 0 Å². The normalized spacial score (nSPS) is 21.3. The first-order valence-corrected chi connectivity index (χ1v) is 5.60. The van der Waals surface area contributed by atoms with Crippen molar-refractivity contribution in [3.05, 3.63) is 59.8 Å². The summed E-state index contributed by atoms with van der Waals surface area (Å²) in [5.41, 5.74) is 4.09. The van der Waals surface area contributed by atoms with Crippen LogP contribution in [0.2, 0.25) is 0 Å². The summed E-state index contributed by atoms with van der Waals surface area (Å²) < 4.78 is 0. The van der Waals surface area contributed by atoms with E-state index in [1.165, 1.54) is 0 Å². The minimum atomic E-state index is -0.313. The van der Waals surface area contributed by atoms with Crippen molar-refractivity contribution >= 4 is 0 Å². The molecule has 0 saturated heterocycles. The van der Waals surface area contributed by atoms with Crippen LogP contribution in [0.1, 0.15) is 26.7 Å². The fourth-order valence-electron chi connectivity index (χ4n) is 1.59. The molecule has 0 bridgehead atoms. The summed E-state index contributed by atoms with van der Waals surface area (Å²) in [4.78, 5) is 0. The Kier molecular flexibility index (Phi) is 4.51. The van der Waals surface area contributed by atoms with Gasteiger partial charge in [0.25, 0.3) is 0 Å². The van der Waals surface area contributed by atoms with Crippen molar-refractivity contribution in [3.63, 3.8) is 0 Å². The molecule has 0 radical (unpaired) electrons. The first-order valence-electron chi connectivity index (χ1n) is 5.60. The number of rotatable bonds is 3. The summed E-state index contributed by atoms with van der Waals surface area (Å²) >= 11 is 0. The summed E-state index contributed by atoms with van der Waals surface area (Å²) in [5, 5.41) is 9.71. The molecule has 0 heterocycles. The first-order chi connectivity index (χ1) is 7.50. The van der Waals surface area contributed by atoms with Gasteiger partial charge in [-0.2, -0.15) is 0 Å². The second-order valence-electron chi connectivity index (χ2n) is 4.35. The molecule has 0 amide bonds. The van der Waals surface area contributed by atoms with Gasteiger partial charge in [0.1, 0.15) is 0 Å². The van der Waals surface area contributed by atoms with E-state index in [0.29, 0.717) is 0 Å². The molecule has 0 aromatic heterocycles. The van der Waals surface area contributed by atoms with E-state index in [1.54, 1.807) is 0 Å². The second kappa shape index (κ2) is 5.66. The molecule has 1 heteroatoms. The molecule has 86 valence electrons. The second-order valence-corrected chi connectivity index (χ2v) is 4.35. The standard InChI is InChI=1S/C15H20O/c1-11(2)8-9-12(3)14-6-5-7-15(16)13(4)10-14/h6,8-10,15-16H,1,3,5,7H2,2,4H3/b9-8-. The molecule has 0 saturated carbocycles. The van der Waals surface area contributed by atoms with Gasteiger partial charge in [-0.1, -0.05) is 43.0 Å². The summed E-state index contributed by atoms with van der Waals surface area (Å²) in [7, 11) is 0. The van der Waals surface area contributed by atoms with Crippen molar-refractivity contribution in [3.8, 4) is 0 Å². The molecular formula is C15H20O. The molecule has 1 aliphatic rings. The van der Waals surface area contributed by atoms with E-state index >= 15 is 0 Å². The smallest absolute Gasteiger partial charge is 0.0753 e. The number of allylic oxidation sites excluding steroid dienone is 7. The van der Waals surface area contributed by atoms with Gasteiger partial charge in [0, 0.05) is 0 Å². The van der Waals surface area contributed by atoms with Gasteiger partial charge in [-0.15, -0.1) is 0 Å². The fraction of sp³-hybridized carbons (Fsp3) is 0.333. The predicted octanol–water partition coefficient (Wildman–Crippen LogP) is 3.70. The third-order valence-corrected chi connectivity index (χ3v) is 2.65. The van der Waals surface area contributed by atoms with E-state index in [1.807, 2.05) is 32.1 Å². The maximum atomic E-state index is 9.71. The zero-order chi connectivity index (χ0) is 12.1. The molecular weight excluding hydrogens is 196 g/mol. The maximum absolute atomic E-state index is 9.71. The van der Waals surface area contributed by atoms with Gasteiger partial charge in [-0.25, -0.2) is 0 Å². The zero-order valence-corrected chi connectivity index (χ0v) is 10.2. The van der Waals surface area contributed by atoms with Gasteiger partial charge in [-0.3, -0.25) is 0 Å². The van der Waals surface area contributed by atoms with Crippen LogP contribution in [0.5, 0.6) is 0 Å². The highest BCUT2D eigenvalue weighted by atomic mass is 16.3. The molecule has 1 atom stereocenters. The van der Waals surface area contributed by atoms with Crippen LogP contribution in [0.25, 0.3) is 0 Å². The van der Waals surface area contributed by atoms with Gasteiger partial charge >= 0.3 is 0 Å². The third kappa shape index (κ3) is 3.67. The van der Waals surface area contributed by atoms with E-state index in [4.69, 9.17) is 0 Å². The lowest BCUT2D eigenvalue weighted by Gasteiger charge is -2.07. The Bertz CT molecular complexity index is 380. The Labute approximate surface area is 98.2 Å². The van der Waals surface area contributed by atoms with Crippen LogP contribution in [0.4, 0.5) is 0 Å². The average Bonchev–Trinajstić information content (AvgIpc) is 2.38. The fourth-order valence-corrected chi connectivity index (χ4v) is 1.59. The number of hydrogen-bond donors (Lipinski definition) is 1. The van der Waals surface area contributed by atoms with Gasteiger partial charge in [0.05, 0.1) is 6.10 Å². The Hall–Kier alpha value is -1.34. The molecule has 0 aromatic carbocycles. The van der Waals surface area contributed by atoms with Crippen molar-refractivity contribution in [2.75, 3.05) is 0 Å². The Balaban J connectivity index is 2.83. The van der Waals surface area contributed by atoms with E-state index in [0.717, 1.165) is 35.1 Å². The van der Waals surface area contributed by atoms with Crippen LogP contribution in [0, 0.1) is 0 Å². The summed E-state index contributed by atoms with van der Waals surface area (Å²) in [6, 6.07) is 0. The van der Waals surface area contributed by atoms with Crippen molar-refractivity contribution in [1.82, 2.24) is 0 Å². The van der Waals surface area contributed by atoms with Gasteiger partial charge in [0.15, 0.2) is 0 Å². The van der Waals surface area contributed by atoms with Gasteiger partial charge < -0.3 is 5.11 Å². The first kappa shape index (κ1) is 12.7. The molecule has 1 rings (SSSR count). The minimum Gasteiger partial charge on any atom is -0.389 e. The highest BCUT2D eigenvalue weighted by molar-refractivity contribution is 5.47. The number of hydrogen-bond acceptors (Lipinski definition) is 1. The SMILES string of the molecule is C=C(C)/C=C\C(=C)C1=CCCC(O)C(C)=C1. The van der Waals surface area contributed by atoms with Crippen LogP contribution in [0.3, 0.4) is 0 Å². The molecule has 1 unspecified atom stereocenters. The van der Waals surface area contributed by atoms with E-state index < -0.39 is 0 Å². The third-order valence-electron chi connectivity index (χ3n) is 2.65. The Morgan fingerprint density at radius 3 is 2.75 bits per heavy atom. The summed E-state index contributed by atoms with van der Waals surface area (Å²) in [6.45, 7) is 11.8. The van der Waals surface area contributed by atoms with Crippen molar-refractivity contribution < 1.29 is 5.11 Å². The van der Waals surface area contributed by atoms with Crippen LogP contribution in [0.15, 0.2) is 59.8 Å². The maximum Gasteiger partial charge on any atom is 0.0753 e. The van der Waals surface area contributed by atoms with Crippen molar-refractivity contribution in [2.45, 2.75) is 32.8 Å². The molecule has 0 spiro atoms. The van der Waals surface area contributed by atoms with Crippen molar-refractivity contribution in [1.29, 1.82) is 0 Å². The summed E-state index contributed by atoms with van der Waals surface area (Å²) in [5.74, 6) is 0. The molecule has 0 aliphatic heterocycles. The number of aliphatic hydroxyl groups is 1. The quantitative estimate of drug-likeness (QED) is 0.713. The Morgan fingerprint density at radius 1 is 1.44 bits per heavy atom. The van der Waals surface area contributed by atoms with E-state index in [2.05, 4.69) is 19.2 Å². The van der Waals surface area contributed by atoms with E-state index in [9.17, 15) is 5.11 Å². The van der Waals surface area contributed by atoms with E-state index in [-0.39, 0.29) is 6.10 Å². The van der Waals surface area contributed by atoms with Crippen molar-refractivity contribution in [2.24, 2.45) is 0 Å². The zero-order valence-electron chi connectivity index (χ0n) is 10.2. The monoisotopic (exact) mass is 216 g/mol. The molecule has 1 aliphatic carbocycles. The molecule has 1 nitrogen and oxygen atoms in total. The number of aliphatic hydroxyl groups excluding tert-OH is 1. The topological polar surface area (TPSA) is 20.2 Å². The molecule has 1 N–H and O–H groups in total. The highest BCUT2D eigenvalue weighted by Gasteiger charge is 2.10. The molecule has 16 heavy (non-hydrogen) atoms. The lowest BCUT2D eigenvalue weighted by Crippen LogP contribution is -2.05. The molecule has 0 fully saturated rings.